The first-order valence-electron chi connectivity index (χ1n) is 6.25. The smallest absolute Gasteiger partial charge is 0.259 e. The minimum atomic E-state index is -0.204. The summed E-state index contributed by atoms with van der Waals surface area (Å²) in [4.78, 5) is 32.7. The lowest BCUT2D eigenvalue weighted by molar-refractivity contribution is 0.0964. The van der Waals surface area contributed by atoms with Gasteiger partial charge in [-0.25, -0.2) is 4.98 Å². The fourth-order valence-corrected chi connectivity index (χ4v) is 2.95. The number of furan rings is 1. The number of hydrogen-bond donors (Lipinski definition) is 1. The summed E-state index contributed by atoms with van der Waals surface area (Å²) < 4.78 is 5.04. The van der Waals surface area contributed by atoms with E-state index in [1.807, 2.05) is 13.0 Å². The molecule has 5 nitrogen and oxygen atoms in total. The van der Waals surface area contributed by atoms with E-state index in [1.54, 1.807) is 12.1 Å². The van der Waals surface area contributed by atoms with Crippen LogP contribution < -0.4 is 5.56 Å². The molecule has 0 saturated carbocycles. The summed E-state index contributed by atoms with van der Waals surface area (Å²) in [6.45, 7) is 2.03. The second kappa shape index (κ2) is 5.05. The van der Waals surface area contributed by atoms with Gasteiger partial charge in [0.15, 0.2) is 5.76 Å². The Hall–Kier alpha value is -2.21. The van der Waals surface area contributed by atoms with Crippen molar-refractivity contribution in [1.29, 1.82) is 0 Å². The lowest BCUT2D eigenvalue weighted by atomic mass is 10.2. The van der Waals surface area contributed by atoms with E-state index in [0.717, 1.165) is 11.3 Å². The van der Waals surface area contributed by atoms with Crippen LogP contribution in [0.1, 0.15) is 28.2 Å². The molecule has 6 heteroatoms. The molecule has 20 heavy (non-hydrogen) atoms. The van der Waals surface area contributed by atoms with E-state index in [-0.39, 0.29) is 23.5 Å². The zero-order valence-corrected chi connectivity index (χ0v) is 11.6. The van der Waals surface area contributed by atoms with E-state index in [0.29, 0.717) is 16.0 Å². The summed E-state index contributed by atoms with van der Waals surface area (Å²) in [5, 5.41) is 0.584. The van der Waals surface area contributed by atoms with Crippen molar-refractivity contribution in [2.24, 2.45) is 0 Å². The van der Waals surface area contributed by atoms with Gasteiger partial charge < -0.3 is 9.40 Å². The quantitative estimate of drug-likeness (QED) is 0.749. The fourth-order valence-electron chi connectivity index (χ4n) is 1.96. The predicted molar refractivity (Wildman–Crippen MR) is 76.4 cm³/mol. The van der Waals surface area contributed by atoms with Gasteiger partial charge in [0, 0.05) is 4.88 Å². The maximum absolute atomic E-state index is 12.0. The Bertz CT molecular complexity index is 815. The summed E-state index contributed by atoms with van der Waals surface area (Å²) in [6, 6.07) is 5.10. The Kier molecular flexibility index (Phi) is 3.23. The topological polar surface area (TPSA) is 76.0 Å². The lowest BCUT2D eigenvalue weighted by Gasteiger charge is -1.98. The first-order valence-corrected chi connectivity index (χ1v) is 7.07. The zero-order valence-electron chi connectivity index (χ0n) is 10.8. The molecule has 3 aromatic heterocycles. The largest absolute Gasteiger partial charge is 0.461 e. The first-order chi connectivity index (χ1) is 9.67. The summed E-state index contributed by atoms with van der Waals surface area (Å²) in [5.74, 6) is 0.436. The molecule has 0 radical (unpaired) electrons. The molecule has 3 heterocycles. The van der Waals surface area contributed by atoms with Crippen molar-refractivity contribution in [3.63, 3.8) is 0 Å². The number of fused-ring (bicyclic) bond motifs is 1. The van der Waals surface area contributed by atoms with Crippen molar-refractivity contribution in [3.05, 3.63) is 51.3 Å². The maximum Gasteiger partial charge on any atom is 0.259 e. The van der Waals surface area contributed by atoms with E-state index in [9.17, 15) is 9.59 Å². The van der Waals surface area contributed by atoms with Crippen molar-refractivity contribution < 1.29 is 9.21 Å². The Morgan fingerprint density at radius 3 is 3.05 bits per heavy atom. The van der Waals surface area contributed by atoms with Crippen LogP contribution in [-0.4, -0.2) is 15.8 Å². The molecule has 0 bridgehead atoms. The molecule has 0 unspecified atom stereocenters. The second-order valence-electron chi connectivity index (χ2n) is 4.37. The number of Topliss-reactive ketones (excluding diaryl/α,β-unsaturated/α-hetero) is 1. The van der Waals surface area contributed by atoms with Crippen LogP contribution in [-0.2, 0) is 12.8 Å². The van der Waals surface area contributed by atoms with E-state index in [1.165, 1.54) is 17.6 Å². The van der Waals surface area contributed by atoms with Gasteiger partial charge in [-0.15, -0.1) is 11.3 Å². The molecule has 0 atom stereocenters. The highest BCUT2D eigenvalue weighted by molar-refractivity contribution is 7.18. The Morgan fingerprint density at radius 1 is 1.50 bits per heavy atom. The molecule has 1 N–H and O–H groups in total. The molecule has 102 valence electrons. The van der Waals surface area contributed by atoms with Crippen molar-refractivity contribution in [3.8, 4) is 0 Å². The van der Waals surface area contributed by atoms with Gasteiger partial charge in [0.2, 0.25) is 5.78 Å². The Labute approximate surface area is 118 Å². The van der Waals surface area contributed by atoms with Crippen LogP contribution in [0.25, 0.3) is 10.2 Å². The molecule has 0 aromatic carbocycles. The van der Waals surface area contributed by atoms with Crippen LogP contribution in [0, 0.1) is 0 Å². The summed E-state index contributed by atoms with van der Waals surface area (Å²) in [5.41, 5.74) is -0.201. The minimum Gasteiger partial charge on any atom is -0.461 e. The number of aromatic nitrogens is 2. The van der Waals surface area contributed by atoms with Crippen LogP contribution in [0.5, 0.6) is 0 Å². The monoisotopic (exact) mass is 288 g/mol. The minimum absolute atomic E-state index is 0.0258. The van der Waals surface area contributed by atoms with E-state index in [2.05, 4.69) is 9.97 Å². The van der Waals surface area contributed by atoms with Gasteiger partial charge in [0.05, 0.1) is 18.1 Å². The number of ketones is 1. The van der Waals surface area contributed by atoms with Crippen molar-refractivity contribution in [2.45, 2.75) is 19.8 Å². The molecule has 0 fully saturated rings. The zero-order chi connectivity index (χ0) is 14.1. The summed E-state index contributed by atoms with van der Waals surface area (Å²) >= 11 is 1.48. The number of aryl methyl sites for hydroxylation is 1. The Morgan fingerprint density at radius 2 is 2.35 bits per heavy atom. The molecule has 0 amide bonds. The molecule has 0 aliphatic heterocycles. The SMILES string of the molecule is CCc1cc2c(=O)[nH]c(CC(=O)c3ccco3)nc2s1. The van der Waals surface area contributed by atoms with E-state index >= 15 is 0 Å². The highest BCUT2D eigenvalue weighted by Crippen LogP contribution is 2.21. The van der Waals surface area contributed by atoms with Crippen LogP contribution in [0.4, 0.5) is 0 Å². The highest BCUT2D eigenvalue weighted by Gasteiger charge is 2.14. The second-order valence-corrected chi connectivity index (χ2v) is 5.49. The fraction of sp³-hybridized carbons (Fsp3) is 0.214. The van der Waals surface area contributed by atoms with Gasteiger partial charge in [0.1, 0.15) is 10.7 Å². The molecular formula is C14H12N2O3S. The van der Waals surface area contributed by atoms with Gasteiger partial charge in [-0.2, -0.15) is 0 Å². The average molecular weight is 288 g/mol. The maximum atomic E-state index is 12.0. The van der Waals surface area contributed by atoms with Crippen LogP contribution in [0.15, 0.2) is 33.7 Å². The van der Waals surface area contributed by atoms with Crippen LogP contribution >= 0.6 is 11.3 Å². The average Bonchev–Trinajstić information content (AvgIpc) is 3.07. The number of nitrogens with zero attached hydrogens (tertiary/aromatic N) is 1. The van der Waals surface area contributed by atoms with E-state index in [4.69, 9.17) is 4.42 Å². The number of hydrogen-bond acceptors (Lipinski definition) is 5. The number of thiophene rings is 1. The summed E-state index contributed by atoms with van der Waals surface area (Å²) in [6.07, 6.45) is 2.33. The molecule has 3 aromatic rings. The Balaban J connectivity index is 1.96. The molecule has 0 saturated heterocycles. The molecular weight excluding hydrogens is 276 g/mol. The molecule has 3 rings (SSSR count). The van der Waals surface area contributed by atoms with E-state index < -0.39 is 0 Å². The number of aromatic amines is 1. The van der Waals surface area contributed by atoms with Crippen molar-refractivity contribution in [2.75, 3.05) is 0 Å². The number of rotatable bonds is 4. The summed E-state index contributed by atoms with van der Waals surface area (Å²) in [7, 11) is 0. The normalized spacial score (nSPS) is 11.1. The van der Waals surface area contributed by atoms with Gasteiger partial charge in [0.25, 0.3) is 5.56 Å². The predicted octanol–water partition coefficient (Wildman–Crippen LogP) is 2.57. The van der Waals surface area contributed by atoms with Crippen LogP contribution in [0.2, 0.25) is 0 Å². The number of nitrogens with one attached hydrogen (secondary N) is 1. The number of H-pyrrole nitrogens is 1. The van der Waals surface area contributed by atoms with Crippen LogP contribution in [0.3, 0.4) is 0 Å². The third-order valence-corrected chi connectivity index (χ3v) is 4.15. The first kappa shape index (κ1) is 12.8. The van der Waals surface area contributed by atoms with Gasteiger partial charge >= 0.3 is 0 Å². The molecule has 0 aliphatic rings. The van der Waals surface area contributed by atoms with Gasteiger partial charge in [-0.1, -0.05) is 6.92 Å². The molecule has 0 aliphatic carbocycles. The third kappa shape index (κ3) is 2.30. The van der Waals surface area contributed by atoms with Gasteiger partial charge in [-0.3, -0.25) is 9.59 Å². The standard InChI is InChI=1S/C14H12N2O3S/c1-2-8-6-9-13(18)15-12(16-14(9)20-8)7-10(17)11-4-3-5-19-11/h3-6H,2,7H2,1H3,(H,15,16,18). The highest BCUT2D eigenvalue weighted by atomic mass is 32.1. The molecule has 0 spiro atoms. The van der Waals surface area contributed by atoms with Crippen molar-refractivity contribution >= 4 is 27.3 Å². The third-order valence-electron chi connectivity index (χ3n) is 2.97. The number of carbonyl (C=O) groups is 1. The number of carbonyl (C=O) groups excluding carboxylic acids is 1. The van der Waals surface area contributed by atoms with Crippen molar-refractivity contribution in [1.82, 2.24) is 9.97 Å². The lowest BCUT2D eigenvalue weighted by Crippen LogP contribution is -2.14. The van der Waals surface area contributed by atoms with Gasteiger partial charge in [-0.05, 0) is 24.6 Å².